The van der Waals surface area contributed by atoms with Gasteiger partial charge < -0.3 is 5.32 Å². The molecule has 1 saturated carbocycles. The maximum atomic E-state index is 11.9. The molecule has 1 saturated heterocycles. The molecular weight excluding hydrogens is 260 g/mol. The van der Waals surface area contributed by atoms with E-state index in [-0.39, 0.29) is 5.75 Å². The van der Waals surface area contributed by atoms with Crippen molar-refractivity contribution in [1.82, 2.24) is 10.0 Å². The normalized spacial score (nSPS) is 25.8. The van der Waals surface area contributed by atoms with E-state index in [9.17, 15) is 8.42 Å². The molecule has 1 heterocycles. The molecule has 0 bridgehead atoms. The molecule has 0 aromatic carbocycles. The number of rotatable bonds is 7. The molecule has 0 amide bonds. The van der Waals surface area contributed by atoms with Crippen molar-refractivity contribution in [2.75, 3.05) is 18.8 Å². The second kappa shape index (κ2) is 7.60. The first-order chi connectivity index (χ1) is 9.16. The molecule has 1 unspecified atom stereocenters. The molecule has 2 N–H and O–H groups in total. The van der Waals surface area contributed by atoms with E-state index in [0.29, 0.717) is 12.6 Å². The zero-order valence-electron chi connectivity index (χ0n) is 11.9. The lowest BCUT2D eigenvalue weighted by Gasteiger charge is -2.23. The molecule has 4 nitrogen and oxygen atoms in total. The van der Waals surface area contributed by atoms with Gasteiger partial charge >= 0.3 is 0 Å². The van der Waals surface area contributed by atoms with Crippen LogP contribution in [0.4, 0.5) is 0 Å². The highest BCUT2D eigenvalue weighted by Gasteiger charge is 2.18. The Morgan fingerprint density at radius 3 is 2.42 bits per heavy atom. The summed E-state index contributed by atoms with van der Waals surface area (Å²) in [4.78, 5) is 0. The lowest BCUT2D eigenvalue weighted by molar-refractivity contribution is 0.392. The average Bonchev–Trinajstić information content (AvgIpc) is 2.91. The van der Waals surface area contributed by atoms with Crippen molar-refractivity contribution < 1.29 is 8.42 Å². The Labute approximate surface area is 117 Å². The van der Waals surface area contributed by atoms with Crippen molar-refractivity contribution in [3.05, 3.63) is 0 Å². The molecule has 112 valence electrons. The van der Waals surface area contributed by atoms with Crippen LogP contribution in [0.2, 0.25) is 0 Å². The number of nitrogens with one attached hydrogen (secondary N) is 2. The Hall–Kier alpha value is -0.130. The zero-order chi connectivity index (χ0) is 13.6. The quantitative estimate of drug-likeness (QED) is 0.753. The number of sulfonamides is 1. The van der Waals surface area contributed by atoms with Gasteiger partial charge in [0.05, 0.1) is 5.75 Å². The fourth-order valence-corrected chi connectivity index (χ4v) is 4.43. The van der Waals surface area contributed by atoms with Gasteiger partial charge in [0.15, 0.2) is 0 Å². The van der Waals surface area contributed by atoms with Crippen LogP contribution in [0.5, 0.6) is 0 Å². The van der Waals surface area contributed by atoms with Crippen molar-refractivity contribution in [2.45, 2.75) is 63.8 Å². The van der Waals surface area contributed by atoms with Gasteiger partial charge in [-0.1, -0.05) is 32.1 Å². The van der Waals surface area contributed by atoms with Crippen molar-refractivity contribution in [3.63, 3.8) is 0 Å². The highest BCUT2D eigenvalue weighted by atomic mass is 32.2. The third-order valence-corrected chi connectivity index (χ3v) is 5.91. The van der Waals surface area contributed by atoms with Crippen LogP contribution < -0.4 is 10.0 Å². The Bertz CT molecular complexity index is 344. The van der Waals surface area contributed by atoms with Gasteiger partial charge in [0.1, 0.15) is 0 Å². The summed E-state index contributed by atoms with van der Waals surface area (Å²) in [5.41, 5.74) is 0. The fraction of sp³-hybridized carbons (Fsp3) is 1.00. The molecule has 1 aliphatic heterocycles. The van der Waals surface area contributed by atoms with Crippen LogP contribution in [0.1, 0.15) is 57.8 Å². The van der Waals surface area contributed by atoms with Gasteiger partial charge in [-0.3, -0.25) is 0 Å². The van der Waals surface area contributed by atoms with E-state index in [1.54, 1.807) is 0 Å². The van der Waals surface area contributed by atoms with E-state index in [4.69, 9.17) is 0 Å². The zero-order valence-corrected chi connectivity index (χ0v) is 12.7. The van der Waals surface area contributed by atoms with Crippen molar-refractivity contribution in [1.29, 1.82) is 0 Å². The Morgan fingerprint density at radius 1 is 1.00 bits per heavy atom. The molecule has 2 fully saturated rings. The van der Waals surface area contributed by atoms with Gasteiger partial charge in [-0.05, 0) is 38.1 Å². The first-order valence-electron chi connectivity index (χ1n) is 7.86. The number of piperidine rings is 1. The summed E-state index contributed by atoms with van der Waals surface area (Å²) < 4.78 is 26.6. The minimum atomic E-state index is -3.06. The molecule has 19 heavy (non-hydrogen) atoms. The number of hydrogen-bond acceptors (Lipinski definition) is 3. The second-order valence-electron chi connectivity index (χ2n) is 6.09. The summed E-state index contributed by atoms with van der Waals surface area (Å²) in [5, 5.41) is 3.40. The molecule has 2 rings (SSSR count). The summed E-state index contributed by atoms with van der Waals surface area (Å²) in [6.07, 6.45) is 10.6. The molecule has 0 aromatic heterocycles. The fourth-order valence-electron chi connectivity index (χ4n) is 3.26. The summed E-state index contributed by atoms with van der Waals surface area (Å²) in [7, 11) is -3.06. The summed E-state index contributed by atoms with van der Waals surface area (Å²) in [5.74, 6) is 1.03. The summed E-state index contributed by atoms with van der Waals surface area (Å²) >= 11 is 0. The lowest BCUT2D eigenvalue weighted by Crippen LogP contribution is -2.37. The van der Waals surface area contributed by atoms with Crippen LogP contribution in [-0.2, 0) is 10.0 Å². The molecule has 1 aliphatic carbocycles. The van der Waals surface area contributed by atoms with Crippen molar-refractivity contribution in [3.8, 4) is 0 Å². The van der Waals surface area contributed by atoms with Crippen LogP contribution in [0.25, 0.3) is 0 Å². The summed E-state index contributed by atoms with van der Waals surface area (Å²) in [6, 6.07) is 0.403. The Morgan fingerprint density at radius 2 is 1.74 bits per heavy atom. The monoisotopic (exact) mass is 288 g/mol. The number of hydrogen-bond donors (Lipinski definition) is 2. The van der Waals surface area contributed by atoms with Crippen LogP contribution >= 0.6 is 0 Å². The third-order valence-electron chi connectivity index (χ3n) is 4.50. The average molecular weight is 288 g/mol. The topological polar surface area (TPSA) is 58.2 Å². The third kappa shape index (κ3) is 5.79. The molecule has 5 heteroatoms. The first-order valence-corrected chi connectivity index (χ1v) is 9.52. The highest BCUT2D eigenvalue weighted by Crippen LogP contribution is 2.26. The highest BCUT2D eigenvalue weighted by molar-refractivity contribution is 7.89. The first kappa shape index (κ1) is 15.3. The van der Waals surface area contributed by atoms with Gasteiger partial charge in [0.25, 0.3) is 0 Å². The molecular formula is C14H28N2O2S. The maximum Gasteiger partial charge on any atom is 0.211 e. The molecule has 2 aliphatic rings. The van der Waals surface area contributed by atoms with Crippen LogP contribution in [-0.4, -0.2) is 33.3 Å². The van der Waals surface area contributed by atoms with E-state index in [1.165, 1.54) is 38.5 Å². The predicted octanol–water partition coefficient (Wildman–Crippen LogP) is 2.02. The van der Waals surface area contributed by atoms with Gasteiger partial charge in [0, 0.05) is 12.6 Å². The van der Waals surface area contributed by atoms with Crippen molar-refractivity contribution >= 4 is 10.0 Å². The predicted molar refractivity (Wildman–Crippen MR) is 78.6 cm³/mol. The van der Waals surface area contributed by atoms with Gasteiger partial charge in [0.2, 0.25) is 10.0 Å². The van der Waals surface area contributed by atoms with E-state index in [1.807, 2.05) is 0 Å². The van der Waals surface area contributed by atoms with E-state index < -0.39 is 10.0 Å². The molecule has 0 aromatic rings. The van der Waals surface area contributed by atoms with Crippen molar-refractivity contribution in [2.24, 2.45) is 5.92 Å². The Balaban J connectivity index is 1.60. The largest absolute Gasteiger partial charge is 0.314 e. The van der Waals surface area contributed by atoms with Gasteiger partial charge in [-0.2, -0.15) is 0 Å². The smallest absolute Gasteiger partial charge is 0.211 e. The second-order valence-corrected chi connectivity index (χ2v) is 8.01. The SMILES string of the molecule is O=S(=O)(CCC1CCCCN1)NCCC1CCCC1. The van der Waals surface area contributed by atoms with Gasteiger partial charge in [-0.15, -0.1) is 0 Å². The minimum absolute atomic E-state index is 0.273. The van der Waals surface area contributed by atoms with Crippen LogP contribution in [0, 0.1) is 5.92 Å². The standard InChI is InChI=1S/C14H28N2O2S/c17-19(18,12-9-14-7-3-4-10-15-14)16-11-8-13-5-1-2-6-13/h13-16H,1-12H2. The van der Waals surface area contributed by atoms with Gasteiger partial charge in [-0.25, -0.2) is 13.1 Å². The molecule has 1 atom stereocenters. The van der Waals surface area contributed by atoms with Crippen LogP contribution in [0.15, 0.2) is 0 Å². The minimum Gasteiger partial charge on any atom is -0.314 e. The lowest BCUT2D eigenvalue weighted by atomic mass is 10.0. The maximum absolute atomic E-state index is 11.9. The van der Waals surface area contributed by atoms with E-state index >= 15 is 0 Å². The molecule has 0 spiro atoms. The Kier molecular flexibility index (Phi) is 6.10. The van der Waals surface area contributed by atoms with E-state index in [0.717, 1.165) is 31.7 Å². The summed E-state index contributed by atoms with van der Waals surface area (Å²) in [6.45, 7) is 1.67. The van der Waals surface area contributed by atoms with Crippen LogP contribution in [0.3, 0.4) is 0 Å². The van der Waals surface area contributed by atoms with E-state index in [2.05, 4.69) is 10.0 Å². The molecule has 0 radical (unpaired) electrons.